The van der Waals surface area contributed by atoms with Crippen molar-refractivity contribution in [3.05, 3.63) is 47.7 Å². The van der Waals surface area contributed by atoms with Crippen LogP contribution in [0.3, 0.4) is 0 Å². The number of nitrogens with zero attached hydrogens (tertiary/aromatic N) is 3. The van der Waals surface area contributed by atoms with Crippen LogP contribution < -0.4 is 4.74 Å². The molecule has 0 N–H and O–H groups in total. The molecule has 0 atom stereocenters. The zero-order valence-corrected chi connectivity index (χ0v) is 10.3. The summed E-state index contributed by atoms with van der Waals surface area (Å²) in [5, 5.41) is 16.5. The first-order chi connectivity index (χ1) is 8.70. The summed E-state index contributed by atoms with van der Waals surface area (Å²) in [6.07, 6.45) is 1.47. The molecule has 0 fully saturated rings. The smallest absolute Gasteiger partial charge is 0.256 e. The third-order valence-corrected chi connectivity index (χ3v) is 2.55. The lowest BCUT2D eigenvalue weighted by atomic mass is 10.0. The Balaban J connectivity index is 2.29. The number of rotatable bonds is 3. The molecule has 0 aliphatic heterocycles. The molecule has 0 unspecified atom stereocenters. The highest BCUT2D eigenvalue weighted by Crippen LogP contribution is 2.25. The van der Waals surface area contributed by atoms with Gasteiger partial charge in [0.1, 0.15) is 17.4 Å². The minimum atomic E-state index is 0.237. The molecule has 0 amide bonds. The molecule has 1 heterocycles. The number of benzene rings is 1. The van der Waals surface area contributed by atoms with Crippen LogP contribution in [0.15, 0.2) is 36.5 Å². The largest absolute Gasteiger partial charge is 0.437 e. The van der Waals surface area contributed by atoms with E-state index in [1.54, 1.807) is 6.07 Å². The quantitative estimate of drug-likeness (QED) is 0.824. The molecule has 1 aromatic carbocycles. The average molecular weight is 239 g/mol. The van der Waals surface area contributed by atoms with E-state index in [0.29, 0.717) is 17.2 Å². The van der Waals surface area contributed by atoms with E-state index in [0.717, 1.165) is 0 Å². The Hall–Kier alpha value is -2.41. The second kappa shape index (κ2) is 5.28. The third kappa shape index (κ3) is 2.64. The maximum absolute atomic E-state index is 8.94. The van der Waals surface area contributed by atoms with Gasteiger partial charge in [-0.1, -0.05) is 26.0 Å². The van der Waals surface area contributed by atoms with Crippen LogP contribution in [0.5, 0.6) is 11.6 Å². The van der Waals surface area contributed by atoms with Gasteiger partial charge in [-0.05, 0) is 29.7 Å². The molecule has 90 valence electrons. The highest BCUT2D eigenvalue weighted by atomic mass is 16.5. The van der Waals surface area contributed by atoms with Crippen LogP contribution in [0.4, 0.5) is 0 Å². The molecule has 2 rings (SSSR count). The molecule has 1 aromatic heterocycles. The van der Waals surface area contributed by atoms with Crippen molar-refractivity contribution >= 4 is 0 Å². The Bertz CT molecular complexity index is 588. The summed E-state index contributed by atoms with van der Waals surface area (Å²) in [5.41, 5.74) is 1.55. The highest BCUT2D eigenvalue weighted by molar-refractivity contribution is 5.40. The van der Waals surface area contributed by atoms with Gasteiger partial charge in [0, 0.05) is 0 Å². The molecule has 2 aromatic rings. The van der Waals surface area contributed by atoms with E-state index >= 15 is 0 Å². The van der Waals surface area contributed by atoms with E-state index in [2.05, 4.69) is 24.0 Å². The van der Waals surface area contributed by atoms with Crippen molar-refractivity contribution in [3.8, 4) is 17.7 Å². The van der Waals surface area contributed by atoms with Gasteiger partial charge in [0.2, 0.25) is 0 Å². The topological polar surface area (TPSA) is 58.8 Å². The second-order valence-corrected chi connectivity index (χ2v) is 4.19. The molecule has 0 saturated heterocycles. The fourth-order valence-corrected chi connectivity index (χ4v) is 1.53. The maximum Gasteiger partial charge on any atom is 0.256 e. The van der Waals surface area contributed by atoms with Crippen LogP contribution in [0.2, 0.25) is 0 Å². The fourth-order valence-electron chi connectivity index (χ4n) is 1.53. The Kier molecular flexibility index (Phi) is 3.54. The molecule has 0 aliphatic carbocycles. The SMILES string of the molecule is CC(C)c1cccc(Oc2nnccc2C#N)c1. The number of ether oxygens (including phenoxy) is 1. The minimum Gasteiger partial charge on any atom is -0.437 e. The second-order valence-electron chi connectivity index (χ2n) is 4.19. The molecule has 4 heteroatoms. The summed E-state index contributed by atoms with van der Waals surface area (Å²) in [5.74, 6) is 1.32. The molecular formula is C14H13N3O. The first kappa shape index (κ1) is 12.1. The molecular weight excluding hydrogens is 226 g/mol. The fraction of sp³-hybridized carbons (Fsp3) is 0.214. The van der Waals surface area contributed by atoms with E-state index in [4.69, 9.17) is 10.00 Å². The van der Waals surface area contributed by atoms with Gasteiger partial charge in [-0.25, -0.2) is 0 Å². The summed E-state index contributed by atoms with van der Waals surface area (Å²) in [6, 6.07) is 11.3. The Morgan fingerprint density at radius 1 is 1.28 bits per heavy atom. The zero-order chi connectivity index (χ0) is 13.0. The van der Waals surface area contributed by atoms with Crippen LogP contribution in [0.25, 0.3) is 0 Å². The van der Waals surface area contributed by atoms with Crippen molar-refractivity contribution < 1.29 is 4.74 Å². The number of hydrogen-bond donors (Lipinski definition) is 0. The van der Waals surface area contributed by atoms with Crippen LogP contribution in [-0.2, 0) is 0 Å². The maximum atomic E-state index is 8.94. The first-order valence-corrected chi connectivity index (χ1v) is 5.70. The Morgan fingerprint density at radius 3 is 2.83 bits per heavy atom. The standard InChI is InChI=1S/C14H13N3O/c1-10(2)11-4-3-5-13(8-11)18-14-12(9-15)6-7-16-17-14/h3-8,10H,1-2H3. The molecule has 0 aliphatic rings. The van der Waals surface area contributed by atoms with Gasteiger partial charge in [-0.3, -0.25) is 0 Å². The molecule has 0 bridgehead atoms. The molecule has 0 spiro atoms. The van der Waals surface area contributed by atoms with Crippen molar-refractivity contribution in [1.29, 1.82) is 5.26 Å². The monoisotopic (exact) mass is 239 g/mol. The predicted molar refractivity (Wildman–Crippen MR) is 67.4 cm³/mol. The van der Waals surface area contributed by atoms with E-state index in [9.17, 15) is 0 Å². The summed E-state index contributed by atoms with van der Waals surface area (Å²) in [6.45, 7) is 4.23. The van der Waals surface area contributed by atoms with Crippen LogP contribution in [-0.4, -0.2) is 10.2 Å². The van der Waals surface area contributed by atoms with E-state index in [1.807, 2.05) is 30.3 Å². The number of hydrogen-bond acceptors (Lipinski definition) is 4. The zero-order valence-electron chi connectivity index (χ0n) is 10.3. The molecule has 18 heavy (non-hydrogen) atoms. The third-order valence-electron chi connectivity index (χ3n) is 2.55. The number of aromatic nitrogens is 2. The van der Waals surface area contributed by atoms with Gasteiger partial charge in [-0.15, -0.1) is 5.10 Å². The Morgan fingerprint density at radius 2 is 2.11 bits per heavy atom. The summed E-state index contributed by atoms with van der Waals surface area (Å²) >= 11 is 0. The van der Waals surface area contributed by atoms with Gasteiger partial charge in [0.25, 0.3) is 5.88 Å². The average Bonchev–Trinajstić information content (AvgIpc) is 2.39. The van der Waals surface area contributed by atoms with E-state index in [1.165, 1.54) is 11.8 Å². The normalized spacial score (nSPS) is 10.1. The van der Waals surface area contributed by atoms with Gasteiger partial charge in [0.05, 0.1) is 6.20 Å². The lowest BCUT2D eigenvalue weighted by Gasteiger charge is -2.09. The van der Waals surface area contributed by atoms with Crippen LogP contribution >= 0.6 is 0 Å². The van der Waals surface area contributed by atoms with Crippen molar-refractivity contribution in [1.82, 2.24) is 10.2 Å². The van der Waals surface area contributed by atoms with Crippen molar-refractivity contribution in [2.75, 3.05) is 0 Å². The van der Waals surface area contributed by atoms with E-state index < -0.39 is 0 Å². The molecule has 0 saturated carbocycles. The van der Waals surface area contributed by atoms with Crippen molar-refractivity contribution in [2.45, 2.75) is 19.8 Å². The summed E-state index contributed by atoms with van der Waals surface area (Å²) in [7, 11) is 0. The van der Waals surface area contributed by atoms with Crippen molar-refractivity contribution in [2.24, 2.45) is 0 Å². The highest BCUT2D eigenvalue weighted by Gasteiger charge is 2.07. The molecule has 4 nitrogen and oxygen atoms in total. The van der Waals surface area contributed by atoms with Gasteiger partial charge >= 0.3 is 0 Å². The first-order valence-electron chi connectivity index (χ1n) is 5.70. The van der Waals surface area contributed by atoms with Crippen LogP contribution in [0, 0.1) is 11.3 Å². The number of nitriles is 1. The lowest BCUT2D eigenvalue weighted by Crippen LogP contribution is -1.95. The molecule has 0 radical (unpaired) electrons. The van der Waals surface area contributed by atoms with Crippen molar-refractivity contribution in [3.63, 3.8) is 0 Å². The van der Waals surface area contributed by atoms with Crippen LogP contribution in [0.1, 0.15) is 30.9 Å². The van der Waals surface area contributed by atoms with Gasteiger partial charge in [-0.2, -0.15) is 10.4 Å². The van der Waals surface area contributed by atoms with Gasteiger partial charge in [0.15, 0.2) is 0 Å². The lowest BCUT2D eigenvalue weighted by molar-refractivity contribution is 0.452. The summed E-state index contributed by atoms with van der Waals surface area (Å²) in [4.78, 5) is 0. The minimum absolute atomic E-state index is 0.237. The van der Waals surface area contributed by atoms with Gasteiger partial charge < -0.3 is 4.74 Å². The summed E-state index contributed by atoms with van der Waals surface area (Å²) < 4.78 is 5.60. The predicted octanol–water partition coefficient (Wildman–Crippen LogP) is 3.26. The van der Waals surface area contributed by atoms with E-state index in [-0.39, 0.29) is 5.88 Å². The Labute approximate surface area is 106 Å².